The lowest BCUT2D eigenvalue weighted by atomic mass is 10.2. The Balaban J connectivity index is 2.03. The summed E-state index contributed by atoms with van der Waals surface area (Å²) in [7, 11) is -2.03. The minimum absolute atomic E-state index is 0.146. The number of benzene rings is 2. The van der Waals surface area contributed by atoms with Gasteiger partial charge in [0.1, 0.15) is 5.75 Å². The van der Waals surface area contributed by atoms with Gasteiger partial charge in [-0.15, -0.1) is 0 Å². The van der Waals surface area contributed by atoms with E-state index in [1.54, 1.807) is 12.1 Å². The molecule has 2 rings (SSSR count). The number of carbonyl (C=O) groups is 1. The number of nitrogens with one attached hydrogen (secondary N) is 1. The molecule has 0 aliphatic carbocycles. The van der Waals surface area contributed by atoms with Gasteiger partial charge in [-0.3, -0.25) is 4.79 Å². The number of rotatable bonds is 6. The molecule has 0 saturated carbocycles. The number of halogens is 1. The molecule has 0 heterocycles. The molecule has 128 valence electrons. The monoisotopic (exact) mass is 367 g/mol. The molecule has 0 spiro atoms. The Hall–Kier alpha value is -2.05. The Morgan fingerprint density at radius 3 is 2.46 bits per heavy atom. The van der Waals surface area contributed by atoms with Gasteiger partial charge in [-0.05, 0) is 48.9 Å². The third-order valence-electron chi connectivity index (χ3n) is 3.40. The van der Waals surface area contributed by atoms with E-state index in [0.717, 1.165) is 5.56 Å². The zero-order valence-electron chi connectivity index (χ0n) is 13.4. The summed E-state index contributed by atoms with van der Waals surface area (Å²) in [5.74, 6) is -0.153. The maximum atomic E-state index is 12.2. The summed E-state index contributed by atoms with van der Waals surface area (Å²) in [4.78, 5) is 12.2. The highest BCUT2D eigenvalue weighted by atomic mass is 35.5. The molecule has 0 aromatic heterocycles. The molecule has 0 aliphatic rings. The van der Waals surface area contributed by atoms with Crippen molar-refractivity contribution in [2.45, 2.75) is 18.2 Å². The lowest BCUT2D eigenvalue weighted by molar-refractivity contribution is -0.115. The molecule has 0 saturated heterocycles. The zero-order valence-corrected chi connectivity index (χ0v) is 14.9. The first kappa shape index (κ1) is 18.3. The molecular formula is C17H18ClNO4S. The van der Waals surface area contributed by atoms with Crippen LogP contribution in [0.1, 0.15) is 12.0 Å². The molecule has 1 amide bonds. The quantitative estimate of drug-likeness (QED) is 0.848. The smallest absolute Gasteiger partial charge is 0.225 e. The van der Waals surface area contributed by atoms with Gasteiger partial charge in [0.25, 0.3) is 0 Å². The van der Waals surface area contributed by atoms with E-state index in [4.69, 9.17) is 16.3 Å². The van der Waals surface area contributed by atoms with Gasteiger partial charge in [0, 0.05) is 11.4 Å². The van der Waals surface area contributed by atoms with Crippen molar-refractivity contribution in [3.63, 3.8) is 0 Å². The van der Waals surface area contributed by atoms with Crippen molar-refractivity contribution in [3.8, 4) is 5.75 Å². The van der Waals surface area contributed by atoms with E-state index in [1.807, 2.05) is 13.0 Å². The highest BCUT2D eigenvalue weighted by Crippen LogP contribution is 2.25. The predicted octanol–water partition coefficient (Wildman–Crippen LogP) is 3.46. The van der Waals surface area contributed by atoms with Gasteiger partial charge in [-0.1, -0.05) is 17.7 Å². The number of hydrogen-bond donors (Lipinski definition) is 1. The van der Waals surface area contributed by atoms with Crippen molar-refractivity contribution in [2.75, 3.05) is 18.2 Å². The SMILES string of the molecule is COc1ccc(C)cc1NC(=O)CCS(=O)(=O)c1ccc(Cl)cc1. The van der Waals surface area contributed by atoms with Crippen LogP contribution in [0.3, 0.4) is 0 Å². The van der Waals surface area contributed by atoms with E-state index in [-0.39, 0.29) is 17.1 Å². The van der Waals surface area contributed by atoms with Crippen molar-refractivity contribution in [1.82, 2.24) is 0 Å². The number of hydrogen-bond acceptors (Lipinski definition) is 4. The van der Waals surface area contributed by atoms with Gasteiger partial charge in [0.05, 0.1) is 23.4 Å². The second-order valence-electron chi connectivity index (χ2n) is 5.27. The number of ether oxygens (including phenoxy) is 1. The van der Waals surface area contributed by atoms with E-state index >= 15 is 0 Å². The fourth-order valence-electron chi connectivity index (χ4n) is 2.12. The molecule has 0 atom stereocenters. The third-order valence-corrected chi connectivity index (χ3v) is 5.38. The number of carbonyl (C=O) groups excluding carboxylic acids is 1. The van der Waals surface area contributed by atoms with Crippen molar-refractivity contribution in [3.05, 3.63) is 53.1 Å². The molecule has 7 heteroatoms. The molecule has 0 fully saturated rings. The fraction of sp³-hybridized carbons (Fsp3) is 0.235. The van der Waals surface area contributed by atoms with Gasteiger partial charge in [-0.2, -0.15) is 0 Å². The lowest BCUT2D eigenvalue weighted by Crippen LogP contribution is -2.18. The van der Waals surface area contributed by atoms with Crippen LogP contribution >= 0.6 is 11.6 Å². The van der Waals surface area contributed by atoms with Crippen molar-refractivity contribution < 1.29 is 17.9 Å². The van der Waals surface area contributed by atoms with E-state index in [2.05, 4.69) is 5.32 Å². The average Bonchev–Trinajstić information content (AvgIpc) is 2.54. The van der Waals surface area contributed by atoms with Gasteiger partial charge in [0.2, 0.25) is 5.91 Å². The van der Waals surface area contributed by atoms with Crippen LogP contribution < -0.4 is 10.1 Å². The van der Waals surface area contributed by atoms with Crippen LogP contribution in [-0.2, 0) is 14.6 Å². The van der Waals surface area contributed by atoms with E-state index < -0.39 is 15.7 Å². The third kappa shape index (κ3) is 4.72. The van der Waals surface area contributed by atoms with Crippen LogP contribution in [0, 0.1) is 6.92 Å². The number of sulfone groups is 1. The summed E-state index contributed by atoms with van der Waals surface area (Å²) in [6, 6.07) is 11.2. The normalized spacial score (nSPS) is 11.1. The van der Waals surface area contributed by atoms with Crippen molar-refractivity contribution in [2.24, 2.45) is 0 Å². The molecule has 2 aromatic carbocycles. The van der Waals surface area contributed by atoms with Crippen LogP contribution in [0.15, 0.2) is 47.4 Å². The Labute approximate surface area is 146 Å². The zero-order chi connectivity index (χ0) is 17.7. The van der Waals surface area contributed by atoms with Crippen LogP contribution in [0.2, 0.25) is 5.02 Å². The number of anilines is 1. The topological polar surface area (TPSA) is 72.5 Å². The Morgan fingerprint density at radius 2 is 1.83 bits per heavy atom. The standard InChI is InChI=1S/C17H18ClNO4S/c1-12-3-8-16(23-2)15(11-12)19-17(20)9-10-24(21,22)14-6-4-13(18)5-7-14/h3-8,11H,9-10H2,1-2H3,(H,19,20). The number of amides is 1. The Kier molecular flexibility index (Phi) is 5.85. The minimum Gasteiger partial charge on any atom is -0.495 e. The van der Waals surface area contributed by atoms with Crippen LogP contribution in [0.4, 0.5) is 5.69 Å². The molecule has 24 heavy (non-hydrogen) atoms. The highest BCUT2D eigenvalue weighted by Gasteiger charge is 2.17. The molecule has 0 aliphatic heterocycles. The van der Waals surface area contributed by atoms with Gasteiger partial charge in [-0.25, -0.2) is 8.42 Å². The van der Waals surface area contributed by atoms with E-state index in [1.165, 1.54) is 31.4 Å². The first-order valence-corrected chi connectivity index (χ1v) is 9.27. The maximum Gasteiger partial charge on any atom is 0.225 e. The van der Waals surface area contributed by atoms with E-state index in [9.17, 15) is 13.2 Å². The largest absolute Gasteiger partial charge is 0.495 e. The molecular weight excluding hydrogens is 350 g/mol. The predicted molar refractivity (Wildman–Crippen MR) is 94.5 cm³/mol. The van der Waals surface area contributed by atoms with Crippen LogP contribution in [0.25, 0.3) is 0 Å². The van der Waals surface area contributed by atoms with E-state index in [0.29, 0.717) is 16.5 Å². The molecule has 1 N–H and O–H groups in total. The lowest BCUT2D eigenvalue weighted by Gasteiger charge is -2.11. The fourth-order valence-corrected chi connectivity index (χ4v) is 3.49. The van der Waals surface area contributed by atoms with Crippen molar-refractivity contribution in [1.29, 1.82) is 0 Å². The number of aryl methyl sites for hydroxylation is 1. The van der Waals surface area contributed by atoms with Gasteiger partial charge < -0.3 is 10.1 Å². The minimum atomic E-state index is -3.54. The second kappa shape index (κ2) is 7.68. The van der Waals surface area contributed by atoms with Gasteiger partial charge >= 0.3 is 0 Å². The summed E-state index contributed by atoms with van der Waals surface area (Å²) in [5, 5.41) is 3.14. The Bertz CT molecular complexity index is 832. The summed E-state index contributed by atoms with van der Waals surface area (Å²) in [5.41, 5.74) is 1.48. The average molecular weight is 368 g/mol. The molecule has 5 nitrogen and oxygen atoms in total. The molecule has 0 unspecified atom stereocenters. The second-order valence-corrected chi connectivity index (χ2v) is 7.82. The summed E-state index contributed by atoms with van der Waals surface area (Å²) in [6.45, 7) is 1.89. The summed E-state index contributed by atoms with van der Waals surface area (Å²) in [6.07, 6.45) is -0.151. The highest BCUT2D eigenvalue weighted by molar-refractivity contribution is 7.91. The van der Waals surface area contributed by atoms with Crippen LogP contribution in [0.5, 0.6) is 5.75 Å². The maximum absolute atomic E-state index is 12.2. The first-order chi connectivity index (χ1) is 11.3. The first-order valence-electron chi connectivity index (χ1n) is 7.24. The summed E-state index contributed by atoms with van der Waals surface area (Å²) < 4.78 is 29.6. The van der Waals surface area contributed by atoms with Crippen LogP contribution in [-0.4, -0.2) is 27.2 Å². The van der Waals surface area contributed by atoms with Crippen molar-refractivity contribution >= 4 is 33.0 Å². The van der Waals surface area contributed by atoms with Gasteiger partial charge in [0.15, 0.2) is 9.84 Å². The Morgan fingerprint density at radius 1 is 1.17 bits per heavy atom. The summed E-state index contributed by atoms with van der Waals surface area (Å²) >= 11 is 5.75. The number of methoxy groups -OCH3 is 1. The molecule has 0 bridgehead atoms. The molecule has 2 aromatic rings. The molecule has 0 radical (unpaired) electrons.